The third-order valence-corrected chi connectivity index (χ3v) is 4.75. The number of halogens is 1. The fraction of sp³-hybridized carbons (Fsp3) is 0.333. The molecule has 1 N–H and O–H groups in total. The van der Waals surface area contributed by atoms with Crippen molar-refractivity contribution in [1.29, 1.82) is 0 Å². The molecule has 1 atom stereocenters. The average Bonchev–Trinajstić information content (AvgIpc) is 2.65. The van der Waals surface area contributed by atoms with E-state index in [9.17, 15) is 14.0 Å². The molecule has 5 nitrogen and oxygen atoms in total. The molecule has 0 spiro atoms. The number of carbonyl (C=O) groups excluding carboxylic acids is 2. The van der Waals surface area contributed by atoms with Crippen molar-refractivity contribution in [2.24, 2.45) is 0 Å². The van der Waals surface area contributed by atoms with Crippen molar-refractivity contribution in [3.8, 4) is 5.75 Å². The van der Waals surface area contributed by atoms with E-state index in [0.29, 0.717) is 17.1 Å². The number of carbonyl (C=O) groups is 2. The van der Waals surface area contributed by atoms with Crippen molar-refractivity contribution < 1.29 is 18.7 Å². The lowest BCUT2D eigenvalue weighted by Gasteiger charge is -2.27. The molecular formula is C21H23FN2O3. The second-order valence-electron chi connectivity index (χ2n) is 6.68. The van der Waals surface area contributed by atoms with Crippen LogP contribution in [0.5, 0.6) is 5.75 Å². The predicted octanol–water partition coefficient (Wildman–Crippen LogP) is 4.09. The quantitative estimate of drug-likeness (QED) is 0.833. The third kappa shape index (κ3) is 4.27. The normalized spacial score (nSPS) is 14.3. The number of nitrogens with one attached hydrogen (secondary N) is 1. The molecule has 0 aromatic heterocycles. The van der Waals surface area contributed by atoms with Crippen molar-refractivity contribution in [3.05, 3.63) is 53.8 Å². The van der Waals surface area contributed by atoms with Gasteiger partial charge >= 0.3 is 0 Å². The van der Waals surface area contributed by atoms with E-state index in [2.05, 4.69) is 12.2 Å². The molecule has 142 valence electrons. The van der Waals surface area contributed by atoms with Crippen molar-refractivity contribution in [2.75, 3.05) is 23.9 Å². The zero-order valence-corrected chi connectivity index (χ0v) is 15.5. The van der Waals surface area contributed by atoms with Crippen molar-refractivity contribution in [1.82, 2.24) is 0 Å². The lowest BCUT2D eigenvalue weighted by molar-refractivity contribution is -0.121. The molecule has 2 aromatic rings. The highest BCUT2D eigenvalue weighted by molar-refractivity contribution is 6.01. The largest absolute Gasteiger partial charge is 0.479 e. The summed E-state index contributed by atoms with van der Waals surface area (Å²) < 4.78 is 18.7. The van der Waals surface area contributed by atoms with Gasteiger partial charge in [-0.05, 0) is 42.2 Å². The number of nitrogens with zero attached hydrogens (tertiary/aromatic N) is 1. The van der Waals surface area contributed by atoms with Gasteiger partial charge in [-0.1, -0.05) is 31.5 Å². The molecule has 0 radical (unpaired) electrons. The van der Waals surface area contributed by atoms with E-state index in [1.165, 1.54) is 17.0 Å². The summed E-state index contributed by atoms with van der Waals surface area (Å²) in [6.07, 6.45) is 2.05. The SMILES string of the molecule is CCCC(CC(=O)Nc1cccc2c1OCC(=O)N2C)c1ccc(F)cc1. The first-order valence-electron chi connectivity index (χ1n) is 9.07. The number of hydrogen-bond donors (Lipinski definition) is 1. The van der Waals surface area contributed by atoms with Crippen molar-refractivity contribution in [2.45, 2.75) is 32.1 Å². The second-order valence-corrected chi connectivity index (χ2v) is 6.68. The van der Waals surface area contributed by atoms with Gasteiger partial charge in [0.1, 0.15) is 5.82 Å². The number of benzene rings is 2. The Morgan fingerprint density at radius 1 is 1.26 bits per heavy atom. The van der Waals surface area contributed by atoms with Gasteiger partial charge in [-0.3, -0.25) is 9.59 Å². The number of rotatable bonds is 6. The van der Waals surface area contributed by atoms with Crippen LogP contribution in [0.3, 0.4) is 0 Å². The molecule has 2 amide bonds. The number of hydrogen-bond acceptors (Lipinski definition) is 3. The van der Waals surface area contributed by atoms with Crippen LogP contribution in [0, 0.1) is 5.82 Å². The Morgan fingerprint density at radius 3 is 2.70 bits per heavy atom. The van der Waals surface area contributed by atoms with E-state index < -0.39 is 0 Å². The monoisotopic (exact) mass is 370 g/mol. The van der Waals surface area contributed by atoms with Crippen LogP contribution in [0.25, 0.3) is 0 Å². The average molecular weight is 370 g/mol. The zero-order chi connectivity index (χ0) is 19.4. The Hall–Kier alpha value is -2.89. The molecular weight excluding hydrogens is 347 g/mol. The standard InChI is InChI=1S/C21H23FN2O3/c1-3-5-15(14-8-10-16(22)11-9-14)12-19(25)23-17-6-4-7-18-21(17)27-13-20(26)24(18)2/h4,6-11,15H,3,5,12-13H2,1-2H3,(H,23,25). The summed E-state index contributed by atoms with van der Waals surface area (Å²) in [7, 11) is 1.68. The predicted molar refractivity (Wildman–Crippen MR) is 103 cm³/mol. The van der Waals surface area contributed by atoms with Crippen molar-refractivity contribution in [3.63, 3.8) is 0 Å². The summed E-state index contributed by atoms with van der Waals surface area (Å²) in [6, 6.07) is 11.6. The van der Waals surface area contributed by atoms with E-state index in [1.54, 1.807) is 37.4 Å². The van der Waals surface area contributed by atoms with Gasteiger partial charge in [0.2, 0.25) is 5.91 Å². The number of fused-ring (bicyclic) bond motifs is 1. The Bertz CT molecular complexity index is 836. The van der Waals surface area contributed by atoms with Crippen LogP contribution in [-0.4, -0.2) is 25.5 Å². The highest BCUT2D eigenvalue weighted by atomic mass is 19.1. The first kappa shape index (κ1) is 18.9. The molecule has 0 saturated carbocycles. The molecule has 2 aromatic carbocycles. The van der Waals surface area contributed by atoms with Gasteiger partial charge in [0.15, 0.2) is 12.4 Å². The highest BCUT2D eigenvalue weighted by Gasteiger charge is 2.25. The molecule has 1 aliphatic heterocycles. The highest BCUT2D eigenvalue weighted by Crippen LogP contribution is 2.38. The summed E-state index contributed by atoms with van der Waals surface area (Å²) in [5, 5.41) is 2.90. The first-order valence-corrected chi connectivity index (χ1v) is 9.07. The molecule has 27 heavy (non-hydrogen) atoms. The van der Waals surface area contributed by atoms with Gasteiger partial charge < -0.3 is 15.0 Å². The third-order valence-electron chi connectivity index (χ3n) is 4.75. The molecule has 0 aliphatic carbocycles. The zero-order valence-electron chi connectivity index (χ0n) is 15.5. The Kier molecular flexibility index (Phi) is 5.74. The summed E-state index contributed by atoms with van der Waals surface area (Å²) >= 11 is 0. The maximum absolute atomic E-state index is 13.2. The maximum Gasteiger partial charge on any atom is 0.264 e. The topological polar surface area (TPSA) is 58.6 Å². The van der Waals surface area contributed by atoms with E-state index in [1.807, 2.05) is 0 Å². The minimum Gasteiger partial charge on any atom is -0.479 e. The van der Waals surface area contributed by atoms with Crippen LogP contribution in [0.2, 0.25) is 0 Å². The number of ether oxygens (including phenoxy) is 1. The molecule has 3 rings (SSSR count). The maximum atomic E-state index is 13.2. The number of anilines is 2. The number of likely N-dealkylation sites (N-methyl/N-ethyl adjacent to an activating group) is 1. The molecule has 1 unspecified atom stereocenters. The summed E-state index contributed by atoms with van der Waals surface area (Å²) in [5.74, 6) is -0.0492. The lowest BCUT2D eigenvalue weighted by atomic mass is 9.91. The smallest absolute Gasteiger partial charge is 0.264 e. The van der Waals surface area contributed by atoms with Gasteiger partial charge in [-0.15, -0.1) is 0 Å². The number of para-hydroxylation sites is 1. The molecule has 1 heterocycles. The Morgan fingerprint density at radius 2 is 2.00 bits per heavy atom. The van der Waals surface area contributed by atoms with E-state index in [4.69, 9.17) is 4.74 Å². The van der Waals surface area contributed by atoms with Crippen LogP contribution in [0.1, 0.15) is 37.7 Å². The van der Waals surface area contributed by atoms with Crippen LogP contribution in [0.4, 0.5) is 15.8 Å². The fourth-order valence-corrected chi connectivity index (χ4v) is 3.30. The van der Waals surface area contributed by atoms with Crippen LogP contribution in [0.15, 0.2) is 42.5 Å². The lowest BCUT2D eigenvalue weighted by Crippen LogP contribution is -2.35. The Balaban J connectivity index is 1.75. The van der Waals surface area contributed by atoms with Crippen LogP contribution >= 0.6 is 0 Å². The van der Waals surface area contributed by atoms with E-state index in [0.717, 1.165) is 18.4 Å². The molecule has 0 saturated heterocycles. The van der Waals surface area contributed by atoms with Crippen LogP contribution < -0.4 is 15.0 Å². The first-order chi connectivity index (χ1) is 13.0. The minimum atomic E-state index is -0.287. The molecule has 1 aliphatic rings. The van der Waals surface area contributed by atoms with Gasteiger partial charge in [0, 0.05) is 13.5 Å². The van der Waals surface area contributed by atoms with E-state index in [-0.39, 0.29) is 36.6 Å². The van der Waals surface area contributed by atoms with E-state index >= 15 is 0 Å². The summed E-state index contributed by atoms with van der Waals surface area (Å²) in [5.41, 5.74) is 2.13. The van der Waals surface area contributed by atoms with Crippen LogP contribution in [-0.2, 0) is 9.59 Å². The number of amides is 2. The summed E-state index contributed by atoms with van der Waals surface area (Å²) in [6.45, 7) is 2.01. The molecule has 0 fully saturated rings. The Labute approximate surface area is 158 Å². The van der Waals surface area contributed by atoms with Gasteiger partial charge in [0.05, 0.1) is 11.4 Å². The molecule has 0 bridgehead atoms. The van der Waals surface area contributed by atoms with Gasteiger partial charge in [-0.2, -0.15) is 0 Å². The molecule has 6 heteroatoms. The second kappa shape index (κ2) is 8.20. The van der Waals surface area contributed by atoms with Gasteiger partial charge in [-0.25, -0.2) is 4.39 Å². The van der Waals surface area contributed by atoms with Gasteiger partial charge in [0.25, 0.3) is 5.91 Å². The fourth-order valence-electron chi connectivity index (χ4n) is 3.30. The van der Waals surface area contributed by atoms with Crippen molar-refractivity contribution >= 4 is 23.2 Å². The summed E-state index contributed by atoms with van der Waals surface area (Å²) in [4.78, 5) is 25.9. The minimum absolute atomic E-state index is 0.0142.